The van der Waals surface area contributed by atoms with Crippen LogP contribution < -0.4 is 5.32 Å². The Bertz CT molecular complexity index is 643. The fraction of sp³-hybridized carbons (Fsp3) is 0.278. The highest BCUT2D eigenvalue weighted by molar-refractivity contribution is 6.30. The van der Waals surface area contributed by atoms with E-state index in [-0.39, 0.29) is 11.7 Å². The molecule has 122 valence electrons. The summed E-state index contributed by atoms with van der Waals surface area (Å²) < 4.78 is 12.9. The van der Waals surface area contributed by atoms with Gasteiger partial charge in [-0.3, -0.25) is 4.79 Å². The Morgan fingerprint density at radius 1 is 1.17 bits per heavy atom. The third-order valence-electron chi connectivity index (χ3n) is 3.63. The predicted octanol–water partition coefficient (Wildman–Crippen LogP) is 3.65. The number of rotatable bonds is 6. The van der Waals surface area contributed by atoms with Crippen LogP contribution in [0.25, 0.3) is 0 Å². The largest absolute Gasteiger partial charge is 0.386 e. The molecule has 2 aromatic carbocycles. The Hall–Kier alpha value is -1.91. The first-order valence-electron chi connectivity index (χ1n) is 7.43. The Balaban J connectivity index is 1.84. The number of halogens is 2. The van der Waals surface area contributed by atoms with Crippen LogP contribution in [0.5, 0.6) is 0 Å². The average molecular weight is 336 g/mol. The van der Waals surface area contributed by atoms with Gasteiger partial charge in [-0.2, -0.15) is 0 Å². The zero-order chi connectivity index (χ0) is 16.8. The summed E-state index contributed by atoms with van der Waals surface area (Å²) in [5.74, 6) is -0.505. The molecule has 2 rings (SSSR count). The summed E-state index contributed by atoms with van der Waals surface area (Å²) in [6.45, 7) is 1.72. The molecule has 23 heavy (non-hydrogen) atoms. The van der Waals surface area contributed by atoms with E-state index in [1.807, 2.05) is 12.1 Å². The molecule has 0 fully saturated rings. The van der Waals surface area contributed by atoms with Crippen molar-refractivity contribution >= 4 is 17.5 Å². The van der Waals surface area contributed by atoms with Crippen molar-refractivity contribution < 1.29 is 14.3 Å². The molecule has 2 unspecified atom stereocenters. The molecule has 0 aliphatic heterocycles. The van der Waals surface area contributed by atoms with Crippen molar-refractivity contribution in [1.29, 1.82) is 0 Å². The number of aryl methyl sites for hydroxylation is 1. The van der Waals surface area contributed by atoms with E-state index in [1.165, 1.54) is 24.3 Å². The first-order valence-corrected chi connectivity index (χ1v) is 7.81. The number of carbonyl (C=O) groups excluding carboxylic acids is 1. The van der Waals surface area contributed by atoms with E-state index in [1.54, 1.807) is 19.1 Å². The highest BCUT2D eigenvalue weighted by Gasteiger charge is 2.18. The molecule has 0 heterocycles. The monoisotopic (exact) mass is 335 g/mol. The number of amides is 1. The van der Waals surface area contributed by atoms with E-state index in [9.17, 15) is 14.3 Å². The molecule has 0 bridgehead atoms. The Kier molecular flexibility index (Phi) is 6.13. The summed E-state index contributed by atoms with van der Waals surface area (Å²) in [6.07, 6.45) is 0.0416. The normalized spacial score (nSPS) is 13.4. The summed E-state index contributed by atoms with van der Waals surface area (Å²) in [5.41, 5.74) is 1.59. The molecule has 0 radical (unpaired) electrons. The second-order valence-corrected chi connectivity index (χ2v) is 5.92. The molecule has 5 heteroatoms. The highest BCUT2D eigenvalue weighted by Crippen LogP contribution is 2.17. The number of hydrogen-bond donors (Lipinski definition) is 2. The van der Waals surface area contributed by atoms with E-state index in [0.717, 1.165) is 5.56 Å². The standard InChI is InChI=1S/C18H19ClFNO2/c1-12(18(23)14-5-9-16(20)10-6-14)21-17(22)11-4-13-2-7-15(19)8-3-13/h2-3,5-10,12,18,23H,4,11H2,1H3,(H,21,22). The van der Waals surface area contributed by atoms with Gasteiger partial charge in [0.15, 0.2) is 0 Å². The third kappa shape index (κ3) is 5.34. The molecule has 0 saturated carbocycles. The molecule has 2 aromatic rings. The minimum Gasteiger partial charge on any atom is -0.386 e. The fourth-order valence-electron chi connectivity index (χ4n) is 2.26. The lowest BCUT2D eigenvalue weighted by atomic mass is 10.0. The molecule has 0 spiro atoms. The van der Waals surface area contributed by atoms with Crippen LogP contribution in [-0.4, -0.2) is 17.1 Å². The summed E-state index contributed by atoms with van der Waals surface area (Å²) >= 11 is 5.82. The smallest absolute Gasteiger partial charge is 0.220 e. The lowest BCUT2D eigenvalue weighted by Gasteiger charge is -2.20. The van der Waals surface area contributed by atoms with Gasteiger partial charge in [0.2, 0.25) is 5.91 Å². The first kappa shape index (κ1) is 17.4. The molecule has 2 N–H and O–H groups in total. The van der Waals surface area contributed by atoms with Gasteiger partial charge in [-0.25, -0.2) is 4.39 Å². The Morgan fingerprint density at radius 2 is 1.78 bits per heavy atom. The zero-order valence-corrected chi connectivity index (χ0v) is 13.6. The molecule has 0 aromatic heterocycles. The summed E-state index contributed by atoms with van der Waals surface area (Å²) in [7, 11) is 0. The molecule has 1 amide bonds. The van der Waals surface area contributed by atoms with Crippen LogP contribution in [0.4, 0.5) is 4.39 Å². The predicted molar refractivity (Wildman–Crippen MR) is 88.7 cm³/mol. The van der Waals surface area contributed by atoms with Crippen LogP contribution >= 0.6 is 11.6 Å². The van der Waals surface area contributed by atoms with E-state index in [0.29, 0.717) is 23.4 Å². The van der Waals surface area contributed by atoms with Crippen LogP contribution in [0, 0.1) is 5.82 Å². The lowest BCUT2D eigenvalue weighted by Crippen LogP contribution is -2.37. The summed E-state index contributed by atoms with van der Waals surface area (Å²) in [5, 5.41) is 13.6. The van der Waals surface area contributed by atoms with Gasteiger partial charge in [0.1, 0.15) is 5.82 Å². The molecule has 0 saturated heterocycles. The van der Waals surface area contributed by atoms with Gasteiger partial charge in [0.05, 0.1) is 12.1 Å². The van der Waals surface area contributed by atoms with Crippen molar-refractivity contribution in [3.8, 4) is 0 Å². The number of carbonyl (C=O) groups is 1. The Morgan fingerprint density at radius 3 is 2.39 bits per heavy atom. The van der Waals surface area contributed by atoms with Gasteiger partial charge in [0, 0.05) is 11.4 Å². The van der Waals surface area contributed by atoms with Gasteiger partial charge >= 0.3 is 0 Å². The average Bonchev–Trinajstić information content (AvgIpc) is 2.54. The molecule has 0 aliphatic carbocycles. The maximum Gasteiger partial charge on any atom is 0.220 e. The maximum atomic E-state index is 12.9. The maximum absolute atomic E-state index is 12.9. The summed E-state index contributed by atoms with van der Waals surface area (Å²) in [6, 6.07) is 12.5. The topological polar surface area (TPSA) is 49.3 Å². The van der Waals surface area contributed by atoms with Gasteiger partial charge in [-0.05, 0) is 48.7 Å². The SMILES string of the molecule is CC(NC(=O)CCc1ccc(Cl)cc1)C(O)c1ccc(F)cc1. The van der Waals surface area contributed by atoms with Crippen molar-refractivity contribution in [2.24, 2.45) is 0 Å². The van der Waals surface area contributed by atoms with Crippen molar-refractivity contribution in [3.05, 3.63) is 70.5 Å². The third-order valence-corrected chi connectivity index (χ3v) is 3.88. The quantitative estimate of drug-likeness (QED) is 0.846. The summed E-state index contributed by atoms with van der Waals surface area (Å²) in [4.78, 5) is 12.0. The van der Waals surface area contributed by atoms with Crippen LogP contribution in [-0.2, 0) is 11.2 Å². The van der Waals surface area contributed by atoms with Crippen LogP contribution in [0.3, 0.4) is 0 Å². The van der Waals surface area contributed by atoms with Crippen molar-refractivity contribution in [2.45, 2.75) is 31.9 Å². The second-order valence-electron chi connectivity index (χ2n) is 5.48. The second kappa shape index (κ2) is 8.09. The molecular weight excluding hydrogens is 317 g/mol. The van der Waals surface area contributed by atoms with E-state index >= 15 is 0 Å². The zero-order valence-electron chi connectivity index (χ0n) is 12.8. The van der Waals surface area contributed by atoms with E-state index in [2.05, 4.69) is 5.32 Å². The molecule has 0 aliphatic rings. The van der Waals surface area contributed by atoms with Crippen molar-refractivity contribution in [1.82, 2.24) is 5.32 Å². The minimum atomic E-state index is -0.880. The number of aliphatic hydroxyl groups is 1. The van der Waals surface area contributed by atoms with Crippen LogP contribution in [0.1, 0.15) is 30.6 Å². The van der Waals surface area contributed by atoms with E-state index in [4.69, 9.17) is 11.6 Å². The van der Waals surface area contributed by atoms with Crippen LogP contribution in [0.2, 0.25) is 5.02 Å². The molecule has 3 nitrogen and oxygen atoms in total. The van der Waals surface area contributed by atoms with Crippen molar-refractivity contribution in [3.63, 3.8) is 0 Å². The van der Waals surface area contributed by atoms with Gasteiger partial charge in [0.25, 0.3) is 0 Å². The number of benzene rings is 2. The van der Waals surface area contributed by atoms with Gasteiger partial charge in [-0.15, -0.1) is 0 Å². The number of nitrogens with one attached hydrogen (secondary N) is 1. The van der Waals surface area contributed by atoms with E-state index < -0.39 is 12.1 Å². The Labute approximate surface area is 140 Å². The van der Waals surface area contributed by atoms with Crippen molar-refractivity contribution in [2.75, 3.05) is 0 Å². The lowest BCUT2D eigenvalue weighted by molar-refractivity contribution is -0.122. The molecule has 2 atom stereocenters. The number of hydrogen-bond acceptors (Lipinski definition) is 2. The first-order chi connectivity index (χ1) is 11.0. The fourth-order valence-corrected chi connectivity index (χ4v) is 2.39. The van der Waals surface area contributed by atoms with Crippen LogP contribution in [0.15, 0.2) is 48.5 Å². The molecular formula is C18H19ClFNO2. The number of aliphatic hydroxyl groups excluding tert-OH is 1. The minimum absolute atomic E-state index is 0.145. The highest BCUT2D eigenvalue weighted by atomic mass is 35.5. The van der Waals surface area contributed by atoms with Gasteiger partial charge in [-0.1, -0.05) is 35.9 Å². The van der Waals surface area contributed by atoms with Gasteiger partial charge < -0.3 is 10.4 Å².